The van der Waals surface area contributed by atoms with Crippen LogP contribution in [-0.2, 0) is 12.0 Å². The van der Waals surface area contributed by atoms with Crippen molar-refractivity contribution in [2.24, 2.45) is 0 Å². The fourth-order valence-electron chi connectivity index (χ4n) is 2.65. The summed E-state index contributed by atoms with van der Waals surface area (Å²) >= 11 is 0. The fraction of sp³-hybridized carbons (Fsp3) is 0.217. The SMILES string of the molecule is CC(C)(C)c1ccc(-c2ccc(OCc3ccccc3)cc2)cc1. The van der Waals surface area contributed by atoms with Crippen LogP contribution in [0.1, 0.15) is 31.9 Å². The molecule has 0 bridgehead atoms. The van der Waals surface area contributed by atoms with Crippen LogP contribution in [0.5, 0.6) is 5.75 Å². The van der Waals surface area contributed by atoms with Gasteiger partial charge in [0.15, 0.2) is 0 Å². The van der Waals surface area contributed by atoms with Crippen molar-refractivity contribution in [1.82, 2.24) is 0 Å². The zero-order chi connectivity index (χ0) is 17.0. The maximum Gasteiger partial charge on any atom is 0.119 e. The summed E-state index contributed by atoms with van der Waals surface area (Å²) in [6.07, 6.45) is 0. The van der Waals surface area contributed by atoms with E-state index in [9.17, 15) is 0 Å². The summed E-state index contributed by atoms with van der Waals surface area (Å²) in [4.78, 5) is 0. The lowest BCUT2D eigenvalue weighted by atomic mass is 9.86. The molecule has 0 N–H and O–H groups in total. The first-order chi connectivity index (χ1) is 11.5. The molecule has 0 radical (unpaired) electrons. The third kappa shape index (κ3) is 4.05. The molecule has 0 aliphatic heterocycles. The summed E-state index contributed by atoms with van der Waals surface area (Å²) < 4.78 is 5.85. The minimum atomic E-state index is 0.188. The predicted octanol–water partition coefficient (Wildman–Crippen LogP) is 6.23. The third-order valence-corrected chi connectivity index (χ3v) is 4.19. The second-order valence-electron chi connectivity index (χ2n) is 7.13. The van der Waals surface area contributed by atoms with Gasteiger partial charge in [0.2, 0.25) is 0 Å². The van der Waals surface area contributed by atoms with Gasteiger partial charge in [-0.15, -0.1) is 0 Å². The minimum absolute atomic E-state index is 0.188. The van der Waals surface area contributed by atoms with Gasteiger partial charge in [-0.05, 0) is 39.8 Å². The molecule has 24 heavy (non-hydrogen) atoms. The van der Waals surface area contributed by atoms with Crippen molar-refractivity contribution in [1.29, 1.82) is 0 Å². The molecule has 0 spiro atoms. The second-order valence-corrected chi connectivity index (χ2v) is 7.13. The summed E-state index contributed by atoms with van der Waals surface area (Å²) in [6.45, 7) is 7.31. The van der Waals surface area contributed by atoms with E-state index in [1.807, 2.05) is 30.3 Å². The zero-order valence-electron chi connectivity index (χ0n) is 14.6. The van der Waals surface area contributed by atoms with E-state index in [0.717, 1.165) is 5.75 Å². The van der Waals surface area contributed by atoms with Gasteiger partial charge in [0.05, 0.1) is 0 Å². The van der Waals surface area contributed by atoms with Crippen LogP contribution in [0.25, 0.3) is 11.1 Å². The molecule has 0 heterocycles. The Kier molecular flexibility index (Phi) is 4.71. The molecule has 1 nitrogen and oxygen atoms in total. The molecule has 0 saturated heterocycles. The van der Waals surface area contributed by atoms with E-state index < -0.39 is 0 Å². The molecule has 0 fully saturated rings. The topological polar surface area (TPSA) is 9.23 Å². The van der Waals surface area contributed by atoms with Gasteiger partial charge in [0.1, 0.15) is 12.4 Å². The normalized spacial score (nSPS) is 11.3. The summed E-state index contributed by atoms with van der Waals surface area (Å²) in [5.74, 6) is 0.897. The van der Waals surface area contributed by atoms with Gasteiger partial charge < -0.3 is 4.74 Å². The van der Waals surface area contributed by atoms with Crippen LogP contribution in [0.4, 0.5) is 0 Å². The molecule has 0 aromatic heterocycles. The molecule has 3 aromatic rings. The van der Waals surface area contributed by atoms with Gasteiger partial charge in [-0.25, -0.2) is 0 Å². The Hall–Kier alpha value is -2.54. The van der Waals surface area contributed by atoms with Crippen LogP contribution in [0, 0.1) is 0 Å². The predicted molar refractivity (Wildman–Crippen MR) is 101 cm³/mol. The number of benzene rings is 3. The van der Waals surface area contributed by atoms with Crippen LogP contribution in [0.15, 0.2) is 78.9 Å². The molecular formula is C23H24O. The van der Waals surface area contributed by atoms with Gasteiger partial charge in [-0.3, -0.25) is 0 Å². The maximum atomic E-state index is 5.85. The van der Waals surface area contributed by atoms with E-state index in [1.54, 1.807) is 0 Å². The van der Waals surface area contributed by atoms with Gasteiger partial charge in [0, 0.05) is 0 Å². The number of ether oxygens (including phenoxy) is 1. The second kappa shape index (κ2) is 6.92. The fourth-order valence-corrected chi connectivity index (χ4v) is 2.65. The van der Waals surface area contributed by atoms with E-state index in [4.69, 9.17) is 4.74 Å². The quantitative estimate of drug-likeness (QED) is 0.554. The smallest absolute Gasteiger partial charge is 0.119 e. The first-order valence-electron chi connectivity index (χ1n) is 8.40. The maximum absolute atomic E-state index is 5.85. The van der Waals surface area contributed by atoms with Gasteiger partial charge in [0.25, 0.3) is 0 Å². The minimum Gasteiger partial charge on any atom is -0.489 e. The highest BCUT2D eigenvalue weighted by atomic mass is 16.5. The first-order valence-corrected chi connectivity index (χ1v) is 8.40. The third-order valence-electron chi connectivity index (χ3n) is 4.19. The number of hydrogen-bond donors (Lipinski definition) is 0. The van der Waals surface area contributed by atoms with Crippen LogP contribution >= 0.6 is 0 Å². The molecule has 0 saturated carbocycles. The van der Waals surface area contributed by atoms with Crippen molar-refractivity contribution < 1.29 is 4.74 Å². The van der Waals surface area contributed by atoms with Crippen molar-refractivity contribution in [3.63, 3.8) is 0 Å². The van der Waals surface area contributed by atoms with Crippen molar-refractivity contribution in [3.05, 3.63) is 90.0 Å². The van der Waals surface area contributed by atoms with E-state index in [1.165, 1.54) is 22.3 Å². The van der Waals surface area contributed by atoms with Gasteiger partial charge in [-0.1, -0.05) is 87.5 Å². The van der Waals surface area contributed by atoms with Gasteiger partial charge >= 0.3 is 0 Å². The lowest BCUT2D eigenvalue weighted by Crippen LogP contribution is -2.10. The summed E-state index contributed by atoms with van der Waals surface area (Å²) in [5.41, 5.74) is 5.17. The number of rotatable bonds is 4. The average Bonchev–Trinajstić information content (AvgIpc) is 2.61. The monoisotopic (exact) mass is 316 g/mol. The lowest BCUT2D eigenvalue weighted by molar-refractivity contribution is 0.306. The molecule has 3 aromatic carbocycles. The van der Waals surface area contributed by atoms with E-state index >= 15 is 0 Å². The Bertz CT molecular complexity index is 763. The summed E-state index contributed by atoms with van der Waals surface area (Å²) in [5, 5.41) is 0. The molecule has 0 unspecified atom stereocenters. The lowest BCUT2D eigenvalue weighted by Gasteiger charge is -2.19. The molecule has 0 aliphatic carbocycles. The molecule has 0 atom stereocenters. The Morgan fingerprint density at radius 3 is 1.75 bits per heavy atom. The Labute approximate surface area is 144 Å². The van der Waals surface area contributed by atoms with Crippen molar-refractivity contribution in [2.45, 2.75) is 32.8 Å². The average molecular weight is 316 g/mol. The zero-order valence-corrected chi connectivity index (χ0v) is 14.6. The number of hydrogen-bond acceptors (Lipinski definition) is 1. The molecule has 0 aliphatic rings. The van der Waals surface area contributed by atoms with Crippen LogP contribution < -0.4 is 4.74 Å². The standard InChI is InChI=1S/C23H24O/c1-23(2,3)21-13-9-19(10-14-21)20-11-15-22(16-12-20)24-17-18-7-5-4-6-8-18/h4-16H,17H2,1-3H3. The highest BCUT2D eigenvalue weighted by Gasteiger charge is 2.13. The van der Waals surface area contributed by atoms with Crippen molar-refractivity contribution >= 4 is 0 Å². The molecule has 1 heteroatoms. The van der Waals surface area contributed by atoms with E-state index in [0.29, 0.717) is 6.61 Å². The molecule has 3 rings (SSSR count). The van der Waals surface area contributed by atoms with E-state index in [2.05, 4.69) is 69.3 Å². The largest absolute Gasteiger partial charge is 0.489 e. The summed E-state index contributed by atoms with van der Waals surface area (Å²) in [6, 6.07) is 27.4. The first kappa shape index (κ1) is 16.3. The van der Waals surface area contributed by atoms with Crippen LogP contribution in [0.3, 0.4) is 0 Å². The highest BCUT2D eigenvalue weighted by molar-refractivity contribution is 5.64. The van der Waals surface area contributed by atoms with Crippen molar-refractivity contribution in [3.8, 4) is 16.9 Å². The highest BCUT2D eigenvalue weighted by Crippen LogP contribution is 2.27. The van der Waals surface area contributed by atoms with Crippen LogP contribution in [0.2, 0.25) is 0 Å². The van der Waals surface area contributed by atoms with Crippen LogP contribution in [-0.4, -0.2) is 0 Å². The van der Waals surface area contributed by atoms with Crippen molar-refractivity contribution in [2.75, 3.05) is 0 Å². The summed E-state index contributed by atoms with van der Waals surface area (Å²) in [7, 11) is 0. The van der Waals surface area contributed by atoms with E-state index in [-0.39, 0.29) is 5.41 Å². The molecule has 122 valence electrons. The Morgan fingerprint density at radius 1 is 0.667 bits per heavy atom. The Balaban J connectivity index is 1.68. The van der Waals surface area contributed by atoms with Gasteiger partial charge in [-0.2, -0.15) is 0 Å². The Morgan fingerprint density at radius 2 is 1.21 bits per heavy atom. The molecular weight excluding hydrogens is 292 g/mol. The molecule has 0 amide bonds.